The highest BCUT2D eigenvalue weighted by Crippen LogP contribution is 2.13. The molecule has 0 aromatic heterocycles. The predicted octanol–water partition coefficient (Wildman–Crippen LogP) is 1.34. The molecule has 108 valence electrons. The van der Waals surface area contributed by atoms with Crippen molar-refractivity contribution in [2.24, 2.45) is 5.73 Å². The lowest BCUT2D eigenvalue weighted by Gasteiger charge is -2.06. The van der Waals surface area contributed by atoms with Gasteiger partial charge in [0.15, 0.2) is 0 Å². The second-order valence-corrected chi connectivity index (χ2v) is 7.76. The van der Waals surface area contributed by atoms with Crippen LogP contribution in [0.25, 0.3) is 0 Å². The van der Waals surface area contributed by atoms with Gasteiger partial charge in [-0.1, -0.05) is 12.1 Å². The van der Waals surface area contributed by atoms with Gasteiger partial charge in [0.25, 0.3) is 0 Å². The van der Waals surface area contributed by atoms with Crippen molar-refractivity contribution in [1.29, 1.82) is 0 Å². The van der Waals surface area contributed by atoms with Crippen LogP contribution in [-0.2, 0) is 16.3 Å². The number of hydrogen-bond donors (Lipinski definition) is 1. The Kier molecular flexibility index (Phi) is 7.27. The molecule has 1 aromatic rings. The van der Waals surface area contributed by atoms with Crippen molar-refractivity contribution < 1.29 is 13.2 Å². The van der Waals surface area contributed by atoms with Gasteiger partial charge in [0.2, 0.25) is 0 Å². The number of nitrogens with two attached hydrogens (primary N) is 1. The van der Waals surface area contributed by atoms with Gasteiger partial charge in [-0.2, -0.15) is 11.8 Å². The molecule has 2 N–H and O–H groups in total. The summed E-state index contributed by atoms with van der Waals surface area (Å²) in [5.41, 5.74) is 6.68. The van der Waals surface area contributed by atoms with E-state index < -0.39 is 9.84 Å². The van der Waals surface area contributed by atoms with Crippen molar-refractivity contribution in [1.82, 2.24) is 0 Å². The van der Waals surface area contributed by atoms with Gasteiger partial charge in [-0.3, -0.25) is 0 Å². The number of hydrogen-bond acceptors (Lipinski definition) is 5. The van der Waals surface area contributed by atoms with Crippen molar-refractivity contribution in [3.05, 3.63) is 29.8 Å². The summed E-state index contributed by atoms with van der Waals surface area (Å²) in [4.78, 5) is 0. The summed E-state index contributed by atoms with van der Waals surface area (Å²) in [6.07, 6.45) is 2.13. The molecule has 0 spiro atoms. The molecule has 0 aliphatic heterocycles. The molecule has 1 aromatic carbocycles. The highest BCUT2D eigenvalue weighted by molar-refractivity contribution is 8.00. The van der Waals surface area contributed by atoms with Crippen LogP contribution in [0.3, 0.4) is 0 Å². The number of rotatable bonds is 9. The van der Waals surface area contributed by atoms with Crippen LogP contribution < -0.4 is 10.5 Å². The van der Waals surface area contributed by atoms with Gasteiger partial charge in [0, 0.05) is 17.8 Å². The molecule has 4 nitrogen and oxygen atoms in total. The quantitative estimate of drug-likeness (QED) is 0.697. The predicted molar refractivity (Wildman–Crippen MR) is 81.7 cm³/mol. The Morgan fingerprint density at radius 3 is 2.47 bits per heavy atom. The Bertz CT molecular complexity index is 457. The summed E-state index contributed by atoms with van der Waals surface area (Å²) >= 11 is 1.59. The van der Waals surface area contributed by atoms with Crippen LogP contribution in [0.15, 0.2) is 24.3 Å². The fourth-order valence-corrected chi connectivity index (χ4v) is 3.54. The summed E-state index contributed by atoms with van der Waals surface area (Å²) in [5.74, 6) is 2.48. The first-order valence-corrected chi connectivity index (χ1v) is 9.40. The Labute approximate surface area is 119 Å². The summed E-state index contributed by atoms with van der Waals surface area (Å²) in [6.45, 7) is 1.24. The maximum absolute atomic E-state index is 10.9. The highest BCUT2D eigenvalue weighted by atomic mass is 32.2. The molecule has 0 atom stereocenters. The van der Waals surface area contributed by atoms with Gasteiger partial charge in [0.05, 0.1) is 12.4 Å². The van der Waals surface area contributed by atoms with E-state index in [1.165, 1.54) is 11.8 Å². The van der Waals surface area contributed by atoms with E-state index in [4.69, 9.17) is 10.5 Å². The minimum atomic E-state index is -2.85. The van der Waals surface area contributed by atoms with Crippen molar-refractivity contribution in [2.45, 2.75) is 6.42 Å². The number of sulfone groups is 1. The van der Waals surface area contributed by atoms with Gasteiger partial charge in [-0.15, -0.1) is 0 Å². The topological polar surface area (TPSA) is 69.4 Å². The molecular weight excluding hydrogens is 282 g/mol. The average molecular weight is 303 g/mol. The highest BCUT2D eigenvalue weighted by Gasteiger charge is 2.01. The van der Waals surface area contributed by atoms with E-state index >= 15 is 0 Å². The molecule has 0 radical (unpaired) electrons. The minimum Gasteiger partial charge on any atom is -0.493 e. The van der Waals surface area contributed by atoms with E-state index in [1.807, 2.05) is 24.3 Å². The van der Waals surface area contributed by atoms with Gasteiger partial charge in [-0.05, 0) is 30.7 Å². The van der Waals surface area contributed by atoms with Crippen molar-refractivity contribution >= 4 is 21.6 Å². The minimum absolute atomic E-state index is 0.228. The number of benzene rings is 1. The lowest BCUT2D eigenvalue weighted by Crippen LogP contribution is -2.07. The second kappa shape index (κ2) is 8.45. The zero-order chi connectivity index (χ0) is 14.1. The summed E-state index contributed by atoms with van der Waals surface area (Å²) < 4.78 is 27.4. The van der Waals surface area contributed by atoms with Crippen LogP contribution >= 0.6 is 11.8 Å². The third-order valence-corrected chi connectivity index (χ3v) is 4.60. The molecule has 0 unspecified atom stereocenters. The second-order valence-electron chi connectivity index (χ2n) is 4.27. The van der Waals surface area contributed by atoms with Gasteiger partial charge in [-0.25, -0.2) is 8.42 Å². The van der Waals surface area contributed by atoms with E-state index in [2.05, 4.69) is 0 Å². The Morgan fingerprint density at radius 1 is 1.21 bits per heavy atom. The molecule has 0 fully saturated rings. The first kappa shape index (κ1) is 16.3. The Hall–Kier alpha value is -0.720. The van der Waals surface area contributed by atoms with Crippen LogP contribution in [0.4, 0.5) is 0 Å². The maximum atomic E-state index is 10.9. The summed E-state index contributed by atoms with van der Waals surface area (Å²) in [7, 11) is -2.85. The Morgan fingerprint density at radius 2 is 1.89 bits per heavy atom. The lowest BCUT2D eigenvalue weighted by molar-refractivity contribution is 0.344. The van der Waals surface area contributed by atoms with Crippen molar-refractivity contribution in [3.8, 4) is 5.75 Å². The molecule has 0 heterocycles. The van der Waals surface area contributed by atoms with Crippen LogP contribution in [0.5, 0.6) is 5.75 Å². The van der Waals surface area contributed by atoms with E-state index in [0.29, 0.717) is 18.9 Å². The number of thioether (sulfide) groups is 1. The maximum Gasteiger partial charge on any atom is 0.148 e. The molecule has 0 saturated carbocycles. The van der Waals surface area contributed by atoms with Gasteiger partial charge >= 0.3 is 0 Å². The fraction of sp³-hybridized carbons (Fsp3) is 0.538. The smallest absolute Gasteiger partial charge is 0.148 e. The molecule has 0 amide bonds. The molecular formula is C13H21NO3S2. The zero-order valence-corrected chi connectivity index (χ0v) is 12.8. The Balaban J connectivity index is 2.15. The van der Waals surface area contributed by atoms with Crippen LogP contribution in [-0.4, -0.2) is 45.1 Å². The SMILES string of the molecule is CS(=O)(=O)CCSCCOc1ccc(CCN)cc1. The molecule has 0 saturated heterocycles. The molecule has 6 heteroatoms. The van der Waals surface area contributed by atoms with Crippen LogP contribution in [0, 0.1) is 0 Å². The molecule has 19 heavy (non-hydrogen) atoms. The first-order valence-electron chi connectivity index (χ1n) is 6.18. The van der Waals surface area contributed by atoms with Crippen molar-refractivity contribution in [2.75, 3.05) is 36.7 Å². The first-order chi connectivity index (χ1) is 9.01. The van der Waals surface area contributed by atoms with Crippen molar-refractivity contribution in [3.63, 3.8) is 0 Å². The third kappa shape index (κ3) is 8.13. The van der Waals surface area contributed by atoms with Gasteiger partial charge in [0.1, 0.15) is 15.6 Å². The van der Waals surface area contributed by atoms with Gasteiger partial charge < -0.3 is 10.5 Å². The lowest BCUT2D eigenvalue weighted by atomic mass is 10.1. The zero-order valence-electron chi connectivity index (χ0n) is 11.2. The van der Waals surface area contributed by atoms with Crippen LogP contribution in [0.2, 0.25) is 0 Å². The van der Waals surface area contributed by atoms with E-state index in [1.54, 1.807) is 11.8 Å². The summed E-state index contributed by atoms with van der Waals surface area (Å²) in [5, 5.41) is 0. The monoisotopic (exact) mass is 303 g/mol. The number of ether oxygens (including phenoxy) is 1. The summed E-state index contributed by atoms with van der Waals surface area (Å²) in [6, 6.07) is 7.90. The standard InChI is InChI=1S/C13H21NO3S2/c1-19(15,16)11-10-18-9-8-17-13-4-2-12(3-5-13)6-7-14/h2-5H,6-11,14H2,1H3. The largest absolute Gasteiger partial charge is 0.493 e. The van der Waals surface area contributed by atoms with E-state index in [-0.39, 0.29) is 5.75 Å². The fourth-order valence-electron chi connectivity index (χ4n) is 1.45. The molecule has 0 aliphatic carbocycles. The van der Waals surface area contributed by atoms with E-state index in [0.717, 1.165) is 17.9 Å². The van der Waals surface area contributed by atoms with E-state index in [9.17, 15) is 8.42 Å². The normalized spacial score (nSPS) is 11.5. The third-order valence-electron chi connectivity index (χ3n) is 2.45. The average Bonchev–Trinajstić information content (AvgIpc) is 2.35. The van der Waals surface area contributed by atoms with Crippen LogP contribution in [0.1, 0.15) is 5.56 Å². The molecule has 0 aliphatic rings. The molecule has 1 rings (SSSR count). The molecule has 0 bridgehead atoms.